The van der Waals surface area contributed by atoms with Gasteiger partial charge in [0.2, 0.25) is 0 Å². The van der Waals surface area contributed by atoms with Crippen molar-refractivity contribution in [1.82, 2.24) is 0 Å². The van der Waals surface area contributed by atoms with E-state index in [4.69, 9.17) is 10.5 Å². The van der Waals surface area contributed by atoms with Crippen LogP contribution in [0.25, 0.3) is 0 Å². The van der Waals surface area contributed by atoms with E-state index < -0.39 is 15.8 Å². The average Bonchev–Trinajstić information content (AvgIpc) is 2.16. The van der Waals surface area contributed by atoms with Crippen molar-refractivity contribution in [2.45, 2.75) is 11.8 Å². The van der Waals surface area contributed by atoms with Gasteiger partial charge in [-0.25, -0.2) is 13.2 Å². The summed E-state index contributed by atoms with van der Waals surface area (Å²) in [6, 6.07) is 4.04. The zero-order chi connectivity index (χ0) is 12.3. The number of benzene rings is 1. The molecule has 0 spiro atoms. The van der Waals surface area contributed by atoms with Crippen LogP contribution >= 0.6 is 0 Å². The molecule has 0 saturated carbocycles. The molecule has 6 heteroatoms. The number of nitrogen functional groups attached to an aromatic ring is 1. The van der Waals surface area contributed by atoms with Gasteiger partial charge < -0.3 is 10.5 Å². The molecule has 0 amide bonds. The number of ether oxygens (including phenoxy) is 1. The number of carbonyl (C=O) groups is 1. The van der Waals surface area contributed by atoms with Gasteiger partial charge in [-0.15, -0.1) is 0 Å². The summed E-state index contributed by atoms with van der Waals surface area (Å²) in [6.45, 7) is 1.91. The van der Waals surface area contributed by atoms with Gasteiger partial charge in [0.1, 0.15) is 0 Å². The lowest BCUT2D eigenvalue weighted by Gasteiger charge is -2.06. The fraction of sp³-hybridized carbons (Fsp3) is 0.300. The molecule has 1 rings (SSSR count). The highest BCUT2D eigenvalue weighted by atomic mass is 32.2. The summed E-state index contributed by atoms with van der Waals surface area (Å²) >= 11 is 0. The molecule has 5 nitrogen and oxygen atoms in total. The van der Waals surface area contributed by atoms with Gasteiger partial charge in [-0.1, -0.05) is 0 Å². The van der Waals surface area contributed by atoms with Crippen molar-refractivity contribution in [3.63, 3.8) is 0 Å². The van der Waals surface area contributed by atoms with E-state index >= 15 is 0 Å². The van der Waals surface area contributed by atoms with E-state index in [2.05, 4.69) is 0 Å². The maximum atomic E-state index is 11.4. The SMILES string of the molecule is CCOC(=O)c1ccc(N)c(S(C)(=O)=O)c1. The molecular formula is C10H13NO4S. The zero-order valence-electron chi connectivity index (χ0n) is 9.06. The quantitative estimate of drug-likeness (QED) is 0.628. The first-order chi connectivity index (χ1) is 7.36. The van der Waals surface area contributed by atoms with E-state index in [-0.39, 0.29) is 22.8 Å². The third kappa shape index (κ3) is 2.73. The van der Waals surface area contributed by atoms with Gasteiger partial charge in [-0.2, -0.15) is 0 Å². The summed E-state index contributed by atoms with van der Waals surface area (Å²) in [5.41, 5.74) is 5.82. The van der Waals surface area contributed by atoms with E-state index in [1.807, 2.05) is 0 Å². The summed E-state index contributed by atoms with van der Waals surface area (Å²) in [7, 11) is -3.44. The maximum Gasteiger partial charge on any atom is 0.338 e. The molecule has 0 radical (unpaired) electrons. The minimum absolute atomic E-state index is 0.0574. The molecular weight excluding hydrogens is 230 g/mol. The van der Waals surface area contributed by atoms with Gasteiger partial charge in [0.05, 0.1) is 22.8 Å². The van der Waals surface area contributed by atoms with Crippen LogP contribution in [0.1, 0.15) is 17.3 Å². The van der Waals surface area contributed by atoms with Crippen LogP contribution in [0.3, 0.4) is 0 Å². The molecule has 0 fully saturated rings. The van der Waals surface area contributed by atoms with Gasteiger partial charge in [0.15, 0.2) is 9.84 Å². The molecule has 16 heavy (non-hydrogen) atoms. The van der Waals surface area contributed by atoms with Crippen molar-refractivity contribution < 1.29 is 17.9 Å². The Morgan fingerprint density at radius 2 is 2.06 bits per heavy atom. The van der Waals surface area contributed by atoms with E-state index in [0.717, 1.165) is 6.26 Å². The van der Waals surface area contributed by atoms with Crippen molar-refractivity contribution in [3.8, 4) is 0 Å². The summed E-state index contributed by atoms with van der Waals surface area (Å²) < 4.78 is 27.5. The van der Waals surface area contributed by atoms with E-state index in [0.29, 0.717) is 0 Å². The second kappa shape index (κ2) is 4.52. The van der Waals surface area contributed by atoms with Crippen molar-refractivity contribution >= 4 is 21.5 Å². The lowest BCUT2D eigenvalue weighted by atomic mass is 10.2. The van der Waals surface area contributed by atoms with Crippen LogP contribution in [0, 0.1) is 0 Å². The third-order valence-corrected chi connectivity index (χ3v) is 3.08. The first-order valence-corrected chi connectivity index (χ1v) is 6.52. The number of esters is 1. The predicted molar refractivity (Wildman–Crippen MR) is 59.9 cm³/mol. The molecule has 1 aromatic carbocycles. The first-order valence-electron chi connectivity index (χ1n) is 4.63. The molecule has 0 unspecified atom stereocenters. The smallest absolute Gasteiger partial charge is 0.338 e. The number of sulfone groups is 1. The fourth-order valence-corrected chi connectivity index (χ4v) is 2.03. The van der Waals surface area contributed by atoms with Crippen molar-refractivity contribution in [3.05, 3.63) is 23.8 Å². The molecule has 0 aromatic heterocycles. The Balaban J connectivity index is 3.23. The fourth-order valence-electron chi connectivity index (χ4n) is 1.20. The standard InChI is InChI=1S/C10H13NO4S/c1-3-15-10(12)7-4-5-8(11)9(6-7)16(2,13)14/h4-6H,3,11H2,1-2H3. The average molecular weight is 243 g/mol. The molecule has 88 valence electrons. The molecule has 0 aliphatic rings. The Kier molecular flexibility index (Phi) is 3.54. The van der Waals surface area contributed by atoms with E-state index in [9.17, 15) is 13.2 Å². The molecule has 0 aliphatic carbocycles. The third-order valence-electron chi connectivity index (χ3n) is 1.92. The Hall–Kier alpha value is -1.56. The lowest BCUT2D eigenvalue weighted by molar-refractivity contribution is 0.0526. The highest BCUT2D eigenvalue weighted by Crippen LogP contribution is 2.20. The largest absolute Gasteiger partial charge is 0.462 e. The van der Waals surface area contributed by atoms with Gasteiger partial charge in [0, 0.05) is 6.26 Å². The van der Waals surface area contributed by atoms with Crippen LogP contribution in [0.4, 0.5) is 5.69 Å². The molecule has 0 heterocycles. The Morgan fingerprint density at radius 3 is 2.56 bits per heavy atom. The topological polar surface area (TPSA) is 86.5 Å². The number of hydrogen-bond acceptors (Lipinski definition) is 5. The molecule has 1 aromatic rings. The Labute approximate surface area is 94.1 Å². The minimum Gasteiger partial charge on any atom is -0.462 e. The van der Waals surface area contributed by atoms with Crippen LogP contribution in [-0.4, -0.2) is 27.2 Å². The number of rotatable bonds is 3. The van der Waals surface area contributed by atoms with Gasteiger partial charge >= 0.3 is 5.97 Å². The highest BCUT2D eigenvalue weighted by Gasteiger charge is 2.15. The summed E-state index contributed by atoms with van der Waals surface area (Å²) in [5.74, 6) is -0.563. The number of nitrogens with two attached hydrogens (primary N) is 1. The Bertz CT molecular complexity index is 508. The molecule has 0 saturated heterocycles. The minimum atomic E-state index is -3.44. The molecule has 2 N–H and O–H groups in total. The van der Waals surface area contributed by atoms with Crippen molar-refractivity contribution in [1.29, 1.82) is 0 Å². The number of anilines is 1. The highest BCUT2D eigenvalue weighted by molar-refractivity contribution is 7.90. The summed E-state index contributed by atoms with van der Waals surface area (Å²) in [6.07, 6.45) is 1.04. The van der Waals surface area contributed by atoms with Crippen LogP contribution in [0.5, 0.6) is 0 Å². The lowest BCUT2D eigenvalue weighted by Crippen LogP contribution is -2.08. The van der Waals surface area contributed by atoms with Gasteiger partial charge in [-0.3, -0.25) is 0 Å². The van der Waals surface area contributed by atoms with Crippen LogP contribution in [-0.2, 0) is 14.6 Å². The van der Waals surface area contributed by atoms with Crippen LogP contribution < -0.4 is 5.73 Å². The van der Waals surface area contributed by atoms with Crippen molar-refractivity contribution in [2.24, 2.45) is 0 Å². The monoisotopic (exact) mass is 243 g/mol. The zero-order valence-corrected chi connectivity index (χ0v) is 9.87. The number of carbonyl (C=O) groups excluding carboxylic acids is 1. The van der Waals surface area contributed by atoms with Gasteiger partial charge in [0.25, 0.3) is 0 Å². The van der Waals surface area contributed by atoms with Crippen molar-refractivity contribution in [2.75, 3.05) is 18.6 Å². The van der Waals surface area contributed by atoms with Crippen LogP contribution in [0.15, 0.2) is 23.1 Å². The second-order valence-electron chi connectivity index (χ2n) is 3.25. The summed E-state index contributed by atoms with van der Waals surface area (Å²) in [5, 5.41) is 0. The Morgan fingerprint density at radius 1 is 1.44 bits per heavy atom. The normalized spacial score (nSPS) is 11.1. The second-order valence-corrected chi connectivity index (χ2v) is 5.23. The van der Waals surface area contributed by atoms with Gasteiger partial charge in [-0.05, 0) is 25.1 Å². The molecule has 0 atom stereocenters. The predicted octanol–water partition coefficient (Wildman–Crippen LogP) is 0.849. The summed E-state index contributed by atoms with van der Waals surface area (Å²) in [4.78, 5) is 11.3. The number of hydrogen-bond donors (Lipinski definition) is 1. The van der Waals surface area contributed by atoms with E-state index in [1.165, 1.54) is 18.2 Å². The van der Waals surface area contributed by atoms with Crippen LogP contribution in [0.2, 0.25) is 0 Å². The first kappa shape index (κ1) is 12.5. The maximum absolute atomic E-state index is 11.4. The van der Waals surface area contributed by atoms with E-state index in [1.54, 1.807) is 6.92 Å². The molecule has 0 aliphatic heterocycles. The molecule has 0 bridgehead atoms.